The van der Waals surface area contributed by atoms with Crippen molar-refractivity contribution < 1.29 is 14.7 Å². The highest BCUT2D eigenvalue weighted by molar-refractivity contribution is 9.10. The predicted octanol–water partition coefficient (Wildman–Crippen LogP) is 4.34. The minimum absolute atomic E-state index is 0.0428. The fourth-order valence-corrected chi connectivity index (χ4v) is 3.13. The van der Waals surface area contributed by atoms with Crippen LogP contribution in [0.2, 0.25) is 5.02 Å². The van der Waals surface area contributed by atoms with Gasteiger partial charge in [-0.05, 0) is 48.0 Å². The van der Waals surface area contributed by atoms with Gasteiger partial charge in [-0.25, -0.2) is 0 Å². The Kier molecular flexibility index (Phi) is 5.08. The lowest BCUT2D eigenvalue weighted by atomic mass is 10.1. The number of halogens is 2. The normalized spacial score (nSPS) is 11.0. The predicted molar refractivity (Wildman–Crippen MR) is 88.7 cm³/mol. The third kappa shape index (κ3) is 3.42. The van der Waals surface area contributed by atoms with Crippen molar-refractivity contribution in [2.45, 2.75) is 26.3 Å². The molecular weight excluding hydrogens is 370 g/mol. The van der Waals surface area contributed by atoms with Crippen molar-refractivity contribution in [1.82, 2.24) is 4.57 Å². The minimum atomic E-state index is -0.942. The third-order valence-electron chi connectivity index (χ3n) is 3.24. The molecule has 0 saturated heterocycles. The highest BCUT2D eigenvalue weighted by Gasteiger charge is 2.23. The number of carboxylic acids is 1. The average molecular weight is 385 g/mol. The Morgan fingerprint density at radius 3 is 2.55 bits per heavy atom. The lowest BCUT2D eigenvalue weighted by Crippen LogP contribution is -2.16. The fourth-order valence-electron chi connectivity index (χ4n) is 2.39. The lowest BCUT2D eigenvalue weighted by Gasteiger charge is -2.16. The number of carboxylic acid groups (broad SMARTS) is 1. The van der Waals surface area contributed by atoms with E-state index in [-0.39, 0.29) is 18.2 Å². The Bertz CT molecular complexity index is 737. The summed E-state index contributed by atoms with van der Waals surface area (Å²) >= 11 is 9.30. The maximum Gasteiger partial charge on any atom is 0.309 e. The number of benzene rings is 1. The molecule has 0 unspecified atom stereocenters. The van der Waals surface area contributed by atoms with Crippen molar-refractivity contribution in [3.8, 4) is 0 Å². The van der Waals surface area contributed by atoms with Crippen LogP contribution in [-0.4, -0.2) is 21.4 Å². The van der Waals surface area contributed by atoms with Gasteiger partial charge in [0.2, 0.25) is 5.78 Å². The monoisotopic (exact) mass is 383 g/mol. The quantitative estimate of drug-likeness (QED) is 0.780. The van der Waals surface area contributed by atoms with Gasteiger partial charge in [0.05, 0.1) is 12.1 Å². The summed E-state index contributed by atoms with van der Waals surface area (Å²) < 4.78 is 2.37. The summed E-state index contributed by atoms with van der Waals surface area (Å²) in [5.41, 5.74) is 1.49. The van der Waals surface area contributed by atoms with Crippen molar-refractivity contribution in [2.75, 3.05) is 0 Å². The van der Waals surface area contributed by atoms with Gasteiger partial charge in [0.15, 0.2) is 0 Å². The smallest absolute Gasteiger partial charge is 0.309 e. The second-order valence-corrected chi connectivity index (χ2v) is 6.49. The molecule has 0 saturated carbocycles. The number of nitrogens with zero attached hydrogens (tertiary/aromatic N) is 1. The van der Waals surface area contributed by atoms with Gasteiger partial charge in [0.25, 0.3) is 0 Å². The Labute approximate surface area is 141 Å². The first kappa shape index (κ1) is 16.8. The molecule has 0 aliphatic carbocycles. The second kappa shape index (κ2) is 6.67. The van der Waals surface area contributed by atoms with Gasteiger partial charge in [-0.15, -0.1) is 0 Å². The van der Waals surface area contributed by atoms with Crippen LogP contribution in [0.25, 0.3) is 0 Å². The maximum atomic E-state index is 12.7. The molecule has 0 radical (unpaired) electrons. The van der Waals surface area contributed by atoms with Crippen molar-refractivity contribution in [3.05, 3.63) is 56.8 Å². The van der Waals surface area contributed by atoms with Crippen molar-refractivity contribution in [2.24, 2.45) is 0 Å². The van der Waals surface area contributed by atoms with Gasteiger partial charge in [-0.3, -0.25) is 9.59 Å². The summed E-state index contributed by atoms with van der Waals surface area (Å²) in [5.74, 6) is -1.13. The number of hydrogen-bond donors (Lipinski definition) is 1. The van der Waals surface area contributed by atoms with Crippen LogP contribution in [-0.2, 0) is 11.2 Å². The van der Waals surface area contributed by atoms with Crippen molar-refractivity contribution >= 4 is 39.3 Å². The summed E-state index contributed by atoms with van der Waals surface area (Å²) in [6.45, 7) is 3.82. The van der Waals surface area contributed by atoms with Crippen LogP contribution < -0.4 is 0 Å². The van der Waals surface area contributed by atoms with E-state index in [0.29, 0.717) is 26.4 Å². The molecule has 0 aliphatic rings. The summed E-state index contributed by atoms with van der Waals surface area (Å²) in [6.07, 6.45) is -0.151. The standard InChI is InChI=1S/C16H15BrClNO3/c1-9(2)19-13(8-15(20)21)12(17)7-14(19)16(22)10-4-3-5-11(18)6-10/h3-7,9H,8H2,1-2H3,(H,20,21). The molecule has 0 spiro atoms. The Balaban J connectivity index is 2.55. The molecule has 1 heterocycles. The molecular formula is C16H15BrClNO3. The van der Waals surface area contributed by atoms with E-state index in [1.165, 1.54) is 0 Å². The number of aromatic nitrogens is 1. The molecule has 1 aromatic carbocycles. The van der Waals surface area contributed by atoms with Crippen molar-refractivity contribution in [1.29, 1.82) is 0 Å². The van der Waals surface area contributed by atoms with Crippen LogP contribution >= 0.6 is 27.5 Å². The first-order valence-corrected chi connectivity index (χ1v) is 7.90. The first-order chi connectivity index (χ1) is 10.3. The van der Waals surface area contributed by atoms with Gasteiger partial charge < -0.3 is 9.67 Å². The van der Waals surface area contributed by atoms with E-state index in [0.717, 1.165) is 0 Å². The van der Waals surface area contributed by atoms with Crippen LogP contribution in [0.5, 0.6) is 0 Å². The highest BCUT2D eigenvalue weighted by atomic mass is 79.9. The molecule has 22 heavy (non-hydrogen) atoms. The number of aliphatic carboxylic acids is 1. The Morgan fingerprint density at radius 1 is 1.32 bits per heavy atom. The topological polar surface area (TPSA) is 59.3 Å². The molecule has 0 aliphatic heterocycles. The van der Waals surface area contributed by atoms with Gasteiger partial charge in [0, 0.05) is 26.8 Å². The van der Waals surface area contributed by atoms with Crippen LogP contribution in [0.3, 0.4) is 0 Å². The molecule has 0 amide bonds. The number of ketones is 1. The van der Waals surface area contributed by atoms with Crippen LogP contribution in [0, 0.1) is 0 Å². The van der Waals surface area contributed by atoms with E-state index in [2.05, 4.69) is 15.9 Å². The Hall–Kier alpha value is -1.59. The largest absolute Gasteiger partial charge is 0.481 e. The summed E-state index contributed by atoms with van der Waals surface area (Å²) in [4.78, 5) is 23.8. The molecule has 4 nitrogen and oxygen atoms in total. The first-order valence-electron chi connectivity index (χ1n) is 6.73. The molecule has 0 fully saturated rings. The van der Waals surface area contributed by atoms with Crippen LogP contribution in [0.4, 0.5) is 0 Å². The van der Waals surface area contributed by atoms with E-state index in [9.17, 15) is 9.59 Å². The van der Waals surface area contributed by atoms with Gasteiger partial charge in [-0.1, -0.05) is 23.7 Å². The van der Waals surface area contributed by atoms with E-state index in [4.69, 9.17) is 16.7 Å². The zero-order valence-corrected chi connectivity index (χ0v) is 14.5. The van der Waals surface area contributed by atoms with Gasteiger partial charge in [-0.2, -0.15) is 0 Å². The molecule has 6 heteroatoms. The molecule has 2 aromatic rings. The molecule has 0 bridgehead atoms. The van der Waals surface area contributed by atoms with Gasteiger partial charge >= 0.3 is 5.97 Å². The average Bonchev–Trinajstić information content (AvgIpc) is 2.74. The number of carbonyl (C=O) groups is 2. The highest BCUT2D eigenvalue weighted by Crippen LogP contribution is 2.28. The zero-order valence-electron chi connectivity index (χ0n) is 12.1. The van der Waals surface area contributed by atoms with Crippen LogP contribution in [0.15, 0.2) is 34.8 Å². The summed E-state index contributed by atoms with van der Waals surface area (Å²) in [5, 5.41) is 9.55. The van der Waals surface area contributed by atoms with E-state index in [1.54, 1.807) is 34.9 Å². The molecule has 0 atom stereocenters. The molecule has 1 N–H and O–H groups in total. The zero-order chi connectivity index (χ0) is 16.4. The molecule has 2 rings (SSSR count). The van der Waals surface area contributed by atoms with E-state index >= 15 is 0 Å². The number of hydrogen-bond acceptors (Lipinski definition) is 2. The lowest BCUT2D eigenvalue weighted by molar-refractivity contribution is -0.136. The van der Waals surface area contributed by atoms with Gasteiger partial charge in [0.1, 0.15) is 0 Å². The Morgan fingerprint density at radius 2 is 2.00 bits per heavy atom. The second-order valence-electron chi connectivity index (χ2n) is 5.20. The van der Waals surface area contributed by atoms with Crippen molar-refractivity contribution in [3.63, 3.8) is 0 Å². The SMILES string of the molecule is CC(C)n1c(C(=O)c2cccc(Cl)c2)cc(Br)c1CC(=O)O. The molecule has 1 aromatic heterocycles. The summed E-state index contributed by atoms with van der Waals surface area (Å²) in [6, 6.07) is 8.33. The number of carbonyl (C=O) groups excluding carboxylic acids is 1. The number of rotatable bonds is 5. The van der Waals surface area contributed by atoms with Crippen LogP contribution in [0.1, 0.15) is 41.6 Å². The fraction of sp³-hybridized carbons (Fsp3) is 0.250. The molecule has 116 valence electrons. The third-order valence-corrected chi connectivity index (χ3v) is 4.17. The van der Waals surface area contributed by atoms with E-state index < -0.39 is 5.97 Å². The summed E-state index contributed by atoms with van der Waals surface area (Å²) in [7, 11) is 0. The van der Waals surface area contributed by atoms with E-state index in [1.807, 2.05) is 13.8 Å². The maximum absolute atomic E-state index is 12.7. The minimum Gasteiger partial charge on any atom is -0.481 e.